The Morgan fingerprint density at radius 3 is 2.50 bits per heavy atom. The van der Waals surface area contributed by atoms with E-state index in [1.54, 1.807) is 36.7 Å². The highest BCUT2D eigenvalue weighted by molar-refractivity contribution is 7.22. The minimum Gasteiger partial charge on any atom is -0.445 e. The van der Waals surface area contributed by atoms with Crippen LogP contribution in [0, 0.1) is 5.41 Å². The van der Waals surface area contributed by atoms with Crippen LogP contribution in [0.3, 0.4) is 0 Å². The van der Waals surface area contributed by atoms with Gasteiger partial charge < -0.3 is 20.9 Å². The number of nitrogens with one attached hydrogen (secondary N) is 1. The van der Waals surface area contributed by atoms with Crippen molar-refractivity contribution in [1.82, 2.24) is 4.98 Å². The molecule has 158 valence electrons. The number of nitrogens with zero attached hydrogens (tertiary/aromatic N) is 1. The monoisotopic (exact) mass is 427 g/mol. The Morgan fingerprint density at radius 2 is 1.93 bits per heavy atom. The first kappa shape index (κ1) is 21.7. The van der Waals surface area contributed by atoms with Crippen molar-refractivity contribution < 1.29 is 19.4 Å². The molecule has 0 fully saturated rings. The molecule has 2 atom stereocenters. The predicted molar refractivity (Wildman–Crippen MR) is 117 cm³/mol. The number of rotatable bonds is 6. The maximum Gasteiger partial charge on any atom is 0.404 e. The van der Waals surface area contributed by atoms with Crippen LogP contribution >= 0.6 is 11.3 Å². The van der Waals surface area contributed by atoms with E-state index in [4.69, 9.17) is 10.5 Å². The molecule has 3 rings (SSSR count). The predicted octanol–water partition coefficient (Wildman–Crippen LogP) is 4.02. The summed E-state index contributed by atoms with van der Waals surface area (Å²) in [6.45, 7) is 5.55. The van der Waals surface area contributed by atoms with Gasteiger partial charge in [-0.15, -0.1) is 11.3 Å². The zero-order chi connectivity index (χ0) is 21.9. The fourth-order valence-corrected chi connectivity index (χ4v) is 4.24. The SMILES string of the molecule is CC(C)(C)[C@@H](OC(N)=O)C(C(=O)Nc1cc2ccncc2s1)c1ccc(CO)cc1. The number of ether oxygens (including phenoxy) is 1. The zero-order valence-corrected chi connectivity index (χ0v) is 17.9. The van der Waals surface area contributed by atoms with Crippen LogP contribution < -0.4 is 11.1 Å². The van der Waals surface area contributed by atoms with Crippen molar-refractivity contribution in [3.8, 4) is 0 Å². The molecule has 2 aromatic heterocycles. The molecule has 0 radical (unpaired) electrons. The van der Waals surface area contributed by atoms with Crippen molar-refractivity contribution in [3.63, 3.8) is 0 Å². The smallest absolute Gasteiger partial charge is 0.404 e. The number of nitrogens with two attached hydrogens (primary N) is 1. The molecule has 7 nitrogen and oxygen atoms in total. The van der Waals surface area contributed by atoms with Gasteiger partial charge in [0.1, 0.15) is 12.0 Å². The van der Waals surface area contributed by atoms with E-state index in [1.807, 2.05) is 32.9 Å². The lowest BCUT2D eigenvalue weighted by molar-refractivity contribution is -0.122. The van der Waals surface area contributed by atoms with Crippen LogP contribution in [-0.4, -0.2) is 28.2 Å². The molecule has 0 aliphatic carbocycles. The van der Waals surface area contributed by atoms with Gasteiger partial charge in [-0.05, 0) is 28.6 Å². The standard InChI is InChI=1S/C22H25N3O4S/c1-22(2,3)19(29-21(23)28)18(14-6-4-13(12-26)5-7-14)20(27)25-17-10-15-8-9-24-11-16(15)30-17/h4-11,18-19,26H,12H2,1-3H3,(H2,23,28)(H,25,27)/t18?,19-/m0/s1. The normalized spacial score (nSPS) is 13.6. The van der Waals surface area contributed by atoms with Crippen LogP contribution in [0.1, 0.15) is 37.8 Å². The molecule has 1 aromatic carbocycles. The Morgan fingerprint density at radius 1 is 1.23 bits per heavy atom. The van der Waals surface area contributed by atoms with Crippen LogP contribution in [0.2, 0.25) is 0 Å². The van der Waals surface area contributed by atoms with Crippen LogP contribution in [0.4, 0.5) is 9.80 Å². The highest BCUT2D eigenvalue weighted by atomic mass is 32.1. The topological polar surface area (TPSA) is 115 Å². The van der Waals surface area contributed by atoms with Crippen molar-refractivity contribution >= 4 is 38.4 Å². The number of carbonyl (C=O) groups excluding carboxylic acids is 2. The summed E-state index contributed by atoms with van der Waals surface area (Å²) in [5.74, 6) is -1.11. The summed E-state index contributed by atoms with van der Waals surface area (Å²) in [6.07, 6.45) is 1.70. The molecule has 2 heterocycles. The average molecular weight is 428 g/mol. The summed E-state index contributed by atoms with van der Waals surface area (Å²) in [7, 11) is 0. The first-order valence-electron chi connectivity index (χ1n) is 9.49. The average Bonchev–Trinajstić information content (AvgIpc) is 3.09. The van der Waals surface area contributed by atoms with E-state index in [1.165, 1.54) is 11.3 Å². The molecule has 1 unspecified atom stereocenters. The van der Waals surface area contributed by atoms with Gasteiger partial charge in [-0.1, -0.05) is 45.0 Å². The van der Waals surface area contributed by atoms with Gasteiger partial charge in [0.05, 0.1) is 16.3 Å². The Balaban J connectivity index is 1.99. The minimum atomic E-state index is -0.937. The molecule has 2 amide bonds. The Labute approximate surface area is 178 Å². The van der Waals surface area contributed by atoms with Gasteiger partial charge in [0, 0.05) is 17.8 Å². The van der Waals surface area contributed by atoms with Gasteiger partial charge >= 0.3 is 6.09 Å². The number of benzene rings is 1. The number of aliphatic hydroxyl groups excluding tert-OH is 1. The van der Waals surface area contributed by atoms with Gasteiger partial charge in [0.15, 0.2) is 0 Å². The second kappa shape index (κ2) is 8.81. The summed E-state index contributed by atoms with van der Waals surface area (Å²) in [5.41, 5.74) is 6.15. The molecular weight excluding hydrogens is 402 g/mol. The maximum atomic E-state index is 13.4. The molecule has 8 heteroatoms. The third-order valence-electron chi connectivity index (χ3n) is 4.77. The summed E-state index contributed by atoms with van der Waals surface area (Å²) in [6, 6.07) is 10.8. The molecule has 4 N–H and O–H groups in total. The van der Waals surface area contributed by atoms with Crippen molar-refractivity contribution in [2.75, 3.05) is 5.32 Å². The molecule has 30 heavy (non-hydrogen) atoms. The number of carbonyl (C=O) groups is 2. The van der Waals surface area contributed by atoms with Crippen molar-refractivity contribution in [2.24, 2.45) is 11.1 Å². The molecule has 0 saturated heterocycles. The quantitative estimate of drug-likeness (QED) is 0.550. The number of primary amides is 1. The van der Waals surface area contributed by atoms with E-state index in [0.29, 0.717) is 10.6 Å². The molecule has 0 aliphatic rings. The Hall–Kier alpha value is -2.97. The molecule has 0 saturated carbocycles. The van der Waals surface area contributed by atoms with Crippen LogP contribution in [0.15, 0.2) is 48.8 Å². The van der Waals surface area contributed by atoms with Crippen LogP contribution in [0.5, 0.6) is 0 Å². The molecule has 0 aliphatic heterocycles. The van der Waals surface area contributed by atoms with Crippen LogP contribution in [0.25, 0.3) is 10.1 Å². The first-order chi connectivity index (χ1) is 14.2. The second-order valence-corrected chi connectivity index (χ2v) is 9.20. The number of fused-ring (bicyclic) bond motifs is 1. The fourth-order valence-electron chi connectivity index (χ4n) is 3.31. The molecule has 0 bridgehead atoms. The molecule has 3 aromatic rings. The Bertz CT molecular complexity index is 1010. The van der Waals surface area contributed by atoms with Crippen molar-refractivity contribution in [3.05, 3.63) is 59.9 Å². The van der Waals surface area contributed by atoms with Gasteiger partial charge in [-0.25, -0.2) is 4.79 Å². The number of aliphatic hydroxyl groups is 1. The van der Waals surface area contributed by atoms with Crippen LogP contribution in [-0.2, 0) is 16.1 Å². The third-order valence-corrected chi connectivity index (χ3v) is 5.77. The number of pyridine rings is 1. The van der Waals surface area contributed by atoms with Gasteiger partial charge in [0.25, 0.3) is 0 Å². The second-order valence-electron chi connectivity index (χ2n) is 8.11. The summed E-state index contributed by atoms with van der Waals surface area (Å²) >= 11 is 1.42. The van der Waals surface area contributed by atoms with E-state index in [0.717, 1.165) is 15.6 Å². The lowest BCUT2D eigenvalue weighted by Crippen LogP contribution is -2.43. The van der Waals surface area contributed by atoms with E-state index in [-0.39, 0.29) is 12.5 Å². The van der Waals surface area contributed by atoms with Gasteiger partial charge in [-0.2, -0.15) is 0 Å². The lowest BCUT2D eigenvalue weighted by Gasteiger charge is -2.35. The third kappa shape index (κ3) is 4.95. The van der Waals surface area contributed by atoms with Gasteiger partial charge in [0.2, 0.25) is 5.91 Å². The molecular formula is C22H25N3O4S. The summed E-state index contributed by atoms with van der Waals surface area (Å²) < 4.78 is 6.38. The molecule has 0 spiro atoms. The number of aromatic nitrogens is 1. The highest BCUT2D eigenvalue weighted by Gasteiger charge is 2.40. The van der Waals surface area contributed by atoms with E-state index in [9.17, 15) is 14.7 Å². The number of anilines is 1. The van der Waals surface area contributed by atoms with Crippen molar-refractivity contribution in [2.45, 2.75) is 39.4 Å². The minimum absolute atomic E-state index is 0.104. The zero-order valence-electron chi connectivity index (χ0n) is 17.1. The number of amides is 2. The highest BCUT2D eigenvalue weighted by Crippen LogP contribution is 2.37. The van der Waals surface area contributed by atoms with Gasteiger partial charge in [-0.3, -0.25) is 9.78 Å². The fraction of sp³-hybridized carbons (Fsp3) is 0.318. The number of thiophene rings is 1. The summed E-state index contributed by atoms with van der Waals surface area (Å²) in [5, 5.41) is 13.9. The maximum absolute atomic E-state index is 13.4. The van der Waals surface area contributed by atoms with E-state index < -0.39 is 23.5 Å². The first-order valence-corrected chi connectivity index (χ1v) is 10.3. The lowest BCUT2D eigenvalue weighted by atomic mass is 9.77. The number of hydrogen-bond acceptors (Lipinski definition) is 6. The number of hydrogen-bond donors (Lipinski definition) is 3. The largest absolute Gasteiger partial charge is 0.445 e. The van der Waals surface area contributed by atoms with E-state index >= 15 is 0 Å². The van der Waals surface area contributed by atoms with E-state index in [2.05, 4.69) is 10.3 Å². The summed E-state index contributed by atoms with van der Waals surface area (Å²) in [4.78, 5) is 29.1. The Kier molecular flexibility index (Phi) is 6.38. The van der Waals surface area contributed by atoms with Crippen molar-refractivity contribution in [1.29, 1.82) is 0 Å².